The summed E-state index contributed by atoms with van der Waals surface area (Å²) in [5.41, 5.74) is 1.18. The van der Waals surface area contributed by atoms with Crippen LogP contribution < -0.4 is 0 Å². The molecule has 1 amide bonds. The molecule has 0 N–H and O–H groups in total. The molecule has 9 heteroatoms. The van der Waals surface area contributed by atoms with Crippen molar-refractivity contribution in [2.45, 2.75) is 59.0 Å². The number of ether oxygens (including phenoxy) is 3. The number of amides is 1. The molecular weight excluding hydrogens is 402 g/mol. The number of nitrogens with zero attached hydrogens (tertiary/aromatic N) is 3. The molecule has 4 atom stereocenters. The van der Waals surface area contributed by atoms with Crippen molar-refractivity contribution in [2.75, 3.05) is 26.9 Å². The van der Waals surface area contributed by atoms with Crippen molar-refractivity contribution in [3.63, 3.8) is 0 Å². The molecule has 0 spiro atoms. The van der Waals surface area contributed by atoms with E-state index >= 15 is 0 Å². The molecule has 1 saturated carbocycles. The lowest BCUT2D eigenvalue weighted by molar-refractivity contribution is -0.152. The summed E-state index contributed by atoms with van der Waals surface area (Å²) in [7, 11) is 1.34. The van der Waals surface area contributed by atoms with Gasteiger partial charge in [-0.05, 0) is 64.2 Å². The molecule has 172 valence electrons. The van der Waals surface area contributed by atoms with Crippen LogP contribution in [-0.4, -0.2) is 65.4 Å². The quantitative estimate of drug-likeness (QED) is 0.500. The molecule has 0 aromatic carbocycles. The van der Waals surface area contributed by atoms with Gasteiger partial charge in [0.1, 0.15) is 6.04 Å². The van der Waals surface area contributed by atoms with E-state index in [2.05, 4.69) is 4.98 Å². The lowest BCUT2D eigenvalue weighted by atomic mass is 9.69. The van der Waals surface area contributed by atoms with Gasteiger partial charge in [0.05, 0.1) is 26.7 Å². The SMILES string of the molecule is CCOC(=O)c1ncn(CC2CCC3CN(C(=O)OC)C(C(=O)OCC)CC3C2)c1C. The highest BCUT2D eigenvalue weighted by Crippen LogP contribution is 2.42. The molecule has 2 heterocycles. The van der Waals surface area contributed by atoms with Gasteiger partial charge in [-0.1, -0.05) is 0 Å². The first-order valence-corrected chi connectivity index (χ1v) is 11.1. The number of rotatable bonds is 6. The Morgan fingerprint density at radius 1 is 1.10 bits per heavy atom. The summed E-state index contributed by atoms with van der Waals surface area (Å²) in [5.74, 6) is 0.340. The molecule has 3 rings (SSSR count). The van der Waals surface area contributed by atoms with E-state index < -0.39 is 18.1 Å². The third-order valence-corrected chi connectivity index (χ3v) is 6.57. The Morgan fingerprint density at radius 3 is 2.52 bits per heavy atom. The highest BCUT2D eigenvalue weighted by atomic mass is 16.6. The highest BCUT2D eigenvalue weighted by molar-refractivity contribution is 5.88. The van der Waals surface area contributed by atoms with E-state index in [0.717, 1.165) is 31.5 Å². The zero-order valence-electron chi connectivity index (χ0n) is 18.8. The number of esters is 2. The number of imidazole rings is 1. The highest BCUT2D eigenvalue weighted by Gasteiger charge is 2.44. The van der Waals surface area contributed by atoms with Crippen molar-refractivity contribution in [2.24, 2.45) is 17.8 Å². The molecule has 31 heavy (non-hydrogen) atoms. The number of methoxy groups -OCH3 is 1. The van der Waals surface area contributed by atoms with Crippen LogP contribution in [0, 0.1) is 24.7 Å². The van der Waals surface area contributed by atoms with Crippen LogP contribution in [0.4, 0.5) is 4.79 Å². The van der Waals surface area contributed by atoms with Crippen LogP contribution in [0.15, 0.2) is 6.33 Å². The number of hydrogen-bond acceptors (Lipinski definition) is 7. The second kappa shape index (κ2) is 10.2. The zero-order valence-corrected chi connectivity index (χ0v) is 18.8. The average molecular weight is 436 g/mol. The summed E-state index contributed by atoms with van der Waals surface area (Å²) in [5, 5.41) is 0. The summed E-state index contributed by atoms with van der Waals surface area (Å²) in [6, 6.07) is -0.599. The van der Waals surface area contributed by atoms with Gasteiger partial charge in [0.2, 0.25) is 0 Å². The maximum atomic E-state index is 12.5. The molecule has 4 unspecified atom stereocenters. The van der Waals surface area contributed by atoms with Gasteiger partial charge in [0.15, 0.2) is 5.69 Å². The Morgan fingerprint density at radius 2 is 1.84 bits per heavy atom. The molecule has 0 radical (unpaired) electrons. The van der Waals surface area contributed by atoms with Gasteiger partial charge in [-0.25, -0.2) is 19.4 Å². The fourth-order valence-electron chi connectivity index (χ4n) is 5.00. The van der Waals surface area contributed by atoms with Crippen LogP contribution in [0.5, 0.6) is 0 Å². The van der Waals surface area contributed by atoms with Gasteiger partial charge >= 0.3 is 18.0 Å². The van der Waals surface area contributed by atoms with Gasteiger partial charge in [0.25, 0.3) is 0 Å². The maximum Gasteiger partial charge on any atom is 0.410 e. The monoisotopic (exact) mass is 435 g/mol. The van der Waals surface area contributed by atoms with Crippen LogP contribution >= 0.6 is 0 Å². The first-order valence-electron chi connectivity index (χ1n) is 11.1. The Kier molecular flexibility index (Phi) is 7.56. The predicted molar refractivity (Wildman–Crippen MR) is 111 cm³/mol. The van der Waals surface area contributed by atoms with Gasteiger partial charge in [-0.3, -0.25) is 4.90 Å². The van der Waals surface area contributed by atoms with Crippen LogP contribution in [0.2, 0.25) is 0 Å². The summed E-state index contributed by atoms with van der Waals surface area (Å²) >= 11 is 0. The third-order valence-electron chi connectivity index (χ3n) is 6.57. The lowest BCUT2D eigenvalue weighted by Gasteiger charge is -2.46. The minimum absolute atomic E-state index is 0.282. The summed E-state index contributed by atoms with van der Waals surface area (Å²) in [6.07, 6.45) is 4.78. The second-order valence-corrected chi connectivity index (χ2v) is 8.38. The normalized spacial score (nSPS) is 25.5. The molecule has 1 aliphatic carbocycles. The number of likely N-dealkylation sites (tertiary alicyclic amines) is 1. The van der Waals surface area contributed by atoms with Crippen LogP contribution in [0.3, 0.4) is 0 Å². The third kappa shape index (κ3) is 5.02. The largest absolute Gasteiger partial charge is 0.464 e. The number of carbonyl (C=O) groups is 3. The number of fused-ring (bicyclic) bond motifs is 1. The van der Waals surface area contributed by atoms with E-state index in [0.29, 0.717) is 43.0 Å². The average Bonchev–Trinajstić information content (AvgIpc) is 3.12. The van der Waals surface area contributed by atoms with Crippen LogP contribution in [-0.2, 0) is 25.5 Å². The smallest absolute Gasteiger partial charge is 0.410 e. The van der Waals surface area contributed by atoms with Gasteiger partial charge in [0, 0.05) is 18.8 Å². The van der Waals surface area contributed by atoms with Crippen molar-refractivity contribution in [3.8, 4) is 0 Å². The van der Waals surface area contributed by atoms with Crippen LogP contribution in [0.1, 0.15) is 55.7 Å². The number of hydrogen-bond donors (Lipinski definition) is 0. The van der Waals surface area contributed by atoms with E-state index in [1.54, 1.807) is 20.2 Å². The Balaban J connectivity index is 1.68. The maximum absolute atomic E-state index is 12.5. The minimum atomic E-state index is -0.599. The molecule has 1 aromatic rings. The first-order chi connectivity index (χ1) is 14.9. The minimum Gasteiger partial charge on any atom is -0.464 e. The van der Waals surface area contributed by atoms with E-state index in [9.17, 15) is 14.4 Å². The molecule has 1 aromatic heterocycles. The van der Waals surface area contributed by atoms with Crippen LogP contribution in [0.25, 0.3) is 0 Å². The standard InChI is InChI=1S/C22H33N3O6/c1-5-30-20(26)18-10-17-9-15(7-8-16(17)12-25(18)22(28)29-4)11-24-13-23-19(14(24)3)21(27)31-6-2/h13,15-18H,5-12H2,1-4H3. The zero-order chi connectivity index (χ0) is 22.5. The summed E-state index contributed by atoms with van der Waals surface area (Å²) < 4.78 is 17.2. The van der Waals surface area contributed by atoms with Gasteiger partial charge in [-0.15, -0.1) is 0 Å². The molecule has 2 fully saturated rings. The van der Waals surface area contributed by atoms with E-state index in [4.69, 9.17) is 14.2 Å². The summed E-state index contributed by atoms with van der Waals surface area (Å²) in [4.78, 5) is 42.6. The number of carbonyl (C=O) groups excluding carboxylic acids is 3. The number of piperidine rings is 1. The Hall–Kier alpha value is -2.58. The van der Waals surface area contributed by atoms with Crippen molar-refractivity contribution >= 4 is 18.0 Å². The van der Waals surface area contributed by atoms with Crippen molar-refractivity contribution in [3.05, 3.63) is 17.7 Å². The topological polar surface area (TPSA) is 100.0 Å². The fourth-order valence-corrected chi connectivity index (χ4v) is 5.00. The van der Waals surface area contributed by atoms with Crippen molar-refractivity contribution in [1.29, 1.82) is 0 Å². The lowest BCUT2D eigenvalue weighted by Crippen LogP contribution is -2.55. The van der Waals surface area contributed by atoms with Gasteiger partial charge in [-0.2, -0.15) is 0 Å². The van der Waals surface area contributed by atoms with E-state index in [-0.39, 0.29) is 12.6 Å². The Bertz CT molecular complexity index is 807. The molecule has 2 aliphatic rings. The number of aromatic nitrogens is 2. The van der Waals surface area contributed by atoms with E-state index in [1.807, 2.05) is 11.5 Å². The van der Waals surface area contributed by atoms with Crippen molar-refractivity contribution < 1.29 is 28.6 Å². The predicted octanol–water partition coefficient (Wildman–Crippen LogP) is 2.80. The van der Waals surface area contributed by atoms with Gasteiger partial charge < -0.3 is 18.8 Å². The fraction of sp³-hybridized carbons (Fsp3) is 0.727. The first kappa shape index (κ1) is 23.1. The molecular formula is C22H33N3O6. The molecule has 0 bridgehead atoms. The van der Waals surface area contributed by atoms with Crippen molar-refractivity contribution in [1.82, 2.24) is 14.5 Å². The Labute approximate surface area is 183 Å². The van der Waals surface area contributed by atoms with E-state index in [1.165, 1.54) is 12.0 Å². The molecule has 1 saturated heterocycles. The molecule has 1 aliphatic heterocycles. The molecule has 9 nitrogen and oxygen atoms in total. The summed E-state index contributed by atoms with van der Waals surface area (Å²) in [6.45, 7) is 7.32. The second-order valence-electron chi connectivity index (χ2n) is 8.38.